The molecule has 30 heavy (non-hydrogen) atoms. The van der Waals surface area contributed by atoms with Crippen molar-refractivity contribution in [1.82, 2.24) is 19.6 Å². The highest BCUT2D eigenvalue weighted by Gasteiger charge is 2.24. The zero-order valence-corrected chi connectivity index (χ0v) is 17.8. The molecule has 7 nitrogen and oxygen atoms in total. The third-order valence-electron chi connectivity index (χ3n) is 5.60. The number of amides is 1. The van der Waals surface area contributed by atoms with Crippen LogP contribution < -0.4 is 4.74 Å². The van der Waals surface area contributed by atoms with Crippen LogP contribution in [0.3, 0.4) is 0 Å². The molecule has 0 bridgehead atoms. The molecule has 3 aromatic rings. The Kier molecular flexibility index (Phi) is 5.88. The monoisotopic (exact) mass is 408 g/mol. The van der Waals surface area contributed by atoms with Gasteiger partial charge in [-0.2, -0.15) is 0 Å². The van der Waals surface area contributed by atoms with Gasteiger partial charge in [-0.3, -0.25) is 4.79 Å². The lowest BCUT2D eigenvalue weighted by Crippen LogP contribution is -2.37. The van der Waals surface area contributed by atoms with E-state index in [1.54, 1.807) is 17.2 Å². The number of carbonyl (C=O) groups is 1. The van der Waals surface area contributed by atoms with Crippen LogP contribution in [0, 0.1) is 0 Å². The standard InChI is InChI=1S/C23H28N4O3/c1-16(2)27(14-22-24-10-11-26(22)3)23(28)21-13-20(30-25-21)15-29-19-9-8-17-6-4-5-7-18(17)12-19/h8-13,16H,4-7,14-15H2,1-3H3. The second kappa shape index (κ2) is 8.73. The number of hydrogen-bond acceptors (Lipinski definition) is 5. The molecular weight excluding hydrogens is 380 g/mol. The van der Waals surface area contributed by atoms with Crippen LogP contribution in [0.25, 0.3) is 0 Å². The fourth-order valence-corrected chi connectivity index (χ4v) is 3.77. The van der Waals surface area contributed by atoms with Gasteiger partial charge in [0, 0.05) is 31.5 Å². The smallest absolute Gasteiger partial charge is 0.276 e. The lowest BCUT2D eigenvalue weighted by molar-refractivity contribution is 0.0672. The summed E-state index contributed by atoms with van der Waals surface area (Å²) in [7, 11) is 1.91. The summed E-state index contributed by atoms with van der Waals surface area (Å²) >= 11 is 0. The normalized spacial score (nSPS) is 13.3. The number of fused-ring (bicyclic) bond motifs is 1. The molecule has 0 fully saturated rings. The van der Waals surface area contributed by atoms with E-state index in [0.29, 0.717) is 12.3 Å². The van der Waals surface area contributed by atoms with Crippen LogP contribution in [-0.4, -0.2) is 31.6 Å². The SMILES string of the molecule is CC(C)N(Cc1nccn1C)C(=O)c1cc(COc2ccc3c(c2)CCCC3)on1. The first-order chi connectivity index (χ1) is 14.5. The van der Waals surface area contributed by atoms with Crippen LogP contribution >= 0.6 is 0 Å². The zero-order chi connectivity index (χ0) is 21.1. The maximum atomic E-state index is 13.0. The minimum absolute atomic E-state index is 0.00101. The van der Waals surface area contributed by atoms with E-state index in [4.69, 9.17) is 9.26 Å². The molecular formula is C23H28N4O3. The van der Waals surface area contributed by atoms with Crippen LogP contribution in [0.5, 0.6) is 5.75 Å². The second-order valence-electron chi connectivity index (χ2n) is 8.09. The molecule has 2 aromatic heterocycles. The predicted molar refractivity (Wildman–Crippen MR) is 112 cm³/mol. The van der Waals surface area contributed by atoms with Gasteiger partial charge in [0.1, 0.15) is 18.2 Å². The van der Waals surface area contributed by atoms with Crippen molar-refractivity contribution in [3.8, 4) is 5.75 Å². The van der Waals surface area contributed by atoms with Gasteiger partial charge >= 0.3 is 0 Å². The third-order valence-corrected chi connectivity index (χ3v) is 5.60. The van der Waals surface area contributed by atoms with Crippen molar-refractivity contribution < 1.29 is 14.1 Å². The summed E-state index contributed by atoms with van der Waals surface area (Å²) in [5.74, 6) is 1.98. The summed E-state index contributed by atoms with van der Waals surface area (Å²) < 4.78 is 13.2. The van der Waals surface area contributed by atoms with Gasteiger partial charge in [0.2, 0.25) is 0 Å². The number of ether oxygens (including phenoxy) is 1. The van der Waals surface area contributed by atoms with E-state index in [9.17, 15) is 4.79 Å². The molecule has 158 valence electrons. The van der Waals surface area contributed by atoms with E-state index in [1.807, 2.05) is 37.7 Å². The summed E-state index contributed by atoms with van der Waals surface area (Å²) in [6, 6.07) is 7.93. The zero-order valence-electron chi connectivity index (χ0n) is 17.8. The van der Waals surface area contributed by atoms with E-state index >= 15 is 0 Å². The molecule has 0 spiro atoms. The number of nitrogens with zero attached hydrogens (tertiary/aromatic N) is 4. The summed E-state index contributed by atoms with van der Waals surface area (Å²) in [4.78, 5) is 19.0. The molecule has 0 saturated heterocycles. The first-order valence-electron chi connectivity index (χ1n) is 10.5. The lowest BCUT2D eigenvalue weighted by atomic mass is 9.92. The maximum Gasteiger partial charge on any atom is 0.276 e. The number of hydrogen-bond donors (Lipinski definition) is 0. The molecule has 7 heteroatoms. The molecule has 0 unspecified atom stereocenters. The van der Waals surface area contributed by atoms with Gasteiger partial charge in [0.15, 0.2) is 11.5 Å². The van der Waals surface area contributed by atoms with Crippen molar-refractivity contribution in [1.29, 1.82) is 0 Å². The van der Waals surface area contributed by atoms with Crippen LogP contribution in [0.2, 0.25) is 0 Å². The molecule has 0 N–H and O–H groups in total. The third kappa shape index (κ3) is 4.40. The minimum Gasteiger partial charge on any atom is -0.486 e. The van der Waals surface area contributed by atoms with Crippen molar-refractivity contribution in [2.75, 3.05) is 0 Å². The number of imidazole rings is 1. The highest BCUT2D eigenvalue weighted by Crippen LogP contribution is 2.26. The quantitative estimate of drug-likeness (QED) is 0.592. The molecule has 0 aliphatic heterocycles. The molecule has 1 aliphatic carbocycles. The fourth-order valence-electron chi connectivity index (χ4n) is 3.77. The molecule has 0 saturated carbocycles. The van der Waals surface area contributed by atoms with Gasteiger partial charge in [-0.1, -0.05) is 11.2 Å². The number of benzene rings is 1. The molecule has 2 heterocycles. The molecule has 0 atom stereocenters. The summed E-state index contributed by atoms with van der Waals surface area (Å²) in [5, 5.41) is 3.98. The van der Waals surface area contributed by atoms with Gasteiger partial charge in [-0.15, -0.1) is 0 Å². The maximum absolute atomic E-state index is 13.0. The van der Waals surface area contributed by atoms with Gasteiger partial charge in [0.05, 0.1) is 6.54 Å². The second-order valence-corrected chi connectivity index (χ2v) is 8.09. The summed E-state index contributed by atoms with van der Waals surface area (Å²) in [5.41, 5.74) is 3.07. The van der Waals surface area contributed by atoms with Crippen molar-refractivity contribution in [3.05, 3.63) is 65.1 Å². The van der Waals surface area contributed by atoms with Crippen molar-refractivity contribution in [3.63, 3.8) is 0 Å². The van der Waals surface area contributed by atoms with Gasteiger partial charge in [-0.05, 0) is 62.8 Å². The Morgan fingerprint density at radius 1 is 1.23 bits per heavy atom. The predicted octanol–water partition coefficient (Wildman–Crippen LogP) is 3.92. The topological polar surface area (TPSA) is 73.4 Å². The fraction of sp³-hybridized carbons (Fsp3) is 0.435. The largest absolute Gasteiger partial charge is 0.486 e. The Bertz CT molecular complexity index is 1020. The van der Waals surface area contributed by atoms with Crippen LogP contribution in [0.4, 0.5) is 0 Å². The van der Waals surface area contributed by atoms with Gasteiger partial charge < -0.3 is 18.7 Å². The Morgan fingerprint density at radius 2 is 2.03 bits per heavy atom. The number of rotatable bonds is 7. The Balaban J connectivity index is 1.41. The highest BCUT2D eigenvalue weighted by atomic mass is 16.5. The van der Waals surface area contributed by atoms with Crippen LogP contribution in [-0.2, 0) is 33.0 Å². The van der Waals surface area contributed by atoms with Crippen molar-refractivity contribution >= 4 is 5.91 Å². The average Bonchev–Trinajstić information content (AvgIpc) is 3.38. The Morgan fingerprint density at radius 3 is 2.77 bits per heavy atom. The Hall–Kier alpha value is -3.09. The number of carbonyl (C=O) groups excluding carboxylic acids is 1. The van der Waals surface area contributed by atoms with Gasteiger partial charge in [-0.25, -0.2) is 4.98 Å². The molecule has 1 aromatic carbocycles. The van der Waals surface area contributed by atoms with E-state index in [-0.39, 0.29) is 24.2 Å². The van der Waals surface area contributed by atoms with Crippen LogP contribution in [0.15, 0.2) is 41.2 Å². The van der Waals surface area contributed by atoms with Crippen LogP contribution in [0.1, 0.15) is 59.9 Å². The number of aryl methyl sites for hydroxylation is 3. The summed E-state index contributed by atoms with van der Waals surface area (Å²) in [6.07, 6.45) is 8.34. The minimum atomic E-state index is -0.184. The first kappa shape index (κ1) is 20.2. The van der Waals surface area contributed by atoms with E-state index in [2.05, 4.69) is 22.3 Å². The van der Waals surface area contributed by atoms with E-state index in [0.717, 1.165) is 24.4 Å². The van der Waals surface area contributed by atoms with Crippen molar-refractivity contribution in [2.45, 2.75) is 58.7 Å². The molecule has 4 rings (SSSR count). The molecule has 1 amide bonds. The Labute approximate surface area is 176 Å². The van der Waals surface area contributed by atoms with Crippen molar-refractivity contribution in [2.24, 2.45) is 7.05 Å². The first-order valence-corrected chi connectivity index (χ1v) is 10.5. The molecule has 0 radical (unpaired) electrons. The highest BCUT2D eigenvalue weighted by molar-refractivity contribution is 5.92. The van der Waals surface area contributed by atoms with Gasteiger partial charge in [0.25, 0.3) is 5.91 Å². The molecule has 1 aliphatic rings. The lowest BCUT2D eigenvalue weighted by Gasteiger charge is -2.25. The van der Waals surface area contributed by atoms with E-state index in [1.165, 1.54) is 24.0 Å². The van der Waals surface area contributed by atoms with E-state index < -0.39 is 0 Å². The summed E-state index contributed by atoms with van der Waals surface area (Å²) in [6.45, 7) is 4.59. The number of aromatic nitrogens is 3. The average molecular weight is 409 g/mol.